The number of carbonyl (C=O) groups is 2. The third kappa shape index (κ3) is 2.67. The first-order chi connectivity index (χ1) is 12.0. The van der Waals surface area contributed by atoms with Crippen molar-refractivity contribution in [1.82, 2.24) is 0 Å². The maximum atomic E-state index is 13.8. The molecule has 0 aliphatic carbocycles. The molecule has 2 aromatic carbocycles. The van der Waals surface area contributed by atoms with Gasteiger partial charge in [0.05, 0.1) is 5.69 Å². The predicted octanol–water partition coefficient (Wildman–Crippen LogP) is 3.44. The Kier molecular flexibility index (Phi) is 3.75. The molecule has 6 heteroatoms. The second-order valence-corrected chi connectivity index (χ2v) is 6.34. The number of halogens is 2. The van der Waals surface area contributed by atoms with Crippen molar-refractivity contribution in [3.8, 4) is 0 Å². The van der Waals surface area contributed by atoms with Crippen molar-refractivity contribution in [2.45, 2.75) is 25.7 Å². The van der Waals surface area contributed by atoms with Crippen LogP contribution in [0.5, 0.6) is 0 Å². The van der Waals surface area contributed by atoms with Crippen molar-refractivity contribution in [2.24, 2.45) is 0 Å². The summed E-state index contributed by atoms with van der Waals surface area (Å²) in [4.78, 5) is 26.2. The van der Waals surface area contributed by atoms with Gasteiger partial charge < -0.3 is 10.2 Å². The highest BCUT2D eigenvalue weighted by Crippen LogP contribution is 2.38. The molecule has 1 N–H and O–H groups in total. The van der Waals surface area contributed by atoms with E-state index in [1.165, 1.54) is 6.07 Å². The normalized spacial score (nSPS) is 15.8. The minimum Gasteiger partial charge on any atom is -0.322 e. The highest BCUT2D eigenvalue weighted by Gasteiger charge is 2.30. The Bertz CT molecular complexity index is 858. The Hall–Kier alpha value is -2.76. The van der Waals surface area contributed by atoms with Gasteiger partial charge in [-0.05, 0) is 54.7 Å². The van der Waals surface area contributed by atoms with E-state index in [-0.39, 0.29) is 5.91 Å². The Labute approximate surface area is 143 Å². The molecular formula is C19H16F2N2O2. The van der Waals surface area contributed by atoms with E-state index < -0.39 is 23.1 Å². The van der Waals surface area contributed by atoms with Gasteiger partial charge in [-0.1, -0.05) is 6.07 Å². The van der Waals surface area contributed by atoms with Gasteiger partial charge >= 0.3 is 0 Å². The SMILES string of the molecule is O=C(Nc1cc2c3c(c1)CCC(=O)N3CCC2)c1c(F)cccc1F. The van der Waals surface area contributed by atoms with Crippen LogP contribution in [0, 0.1) is 11.6 Å². The Morgan fingerprint density at radius 2 is 1.72 bits per heavy atom. The van der Waals surface area contributed by atoms with Crippen LogP contribution in [0.2, 0.25) is 0 Å². The Morgan fingerprint density at radius 1 is 1.04 bits per heavy atom. The van der Waals surface area contributed by atoms with Crippen LogP contribution < -0.4 is 10.2 Å². The minimum absolute atomic E-state index is 0.124. The average Bonchev–Trinajstić information content (AvgIpc) is 2.58. The van der Waals surface area contributed by atoms with Gasteiger partial charge in [-0.25, -0.2) is 8.78 Å². The third-order valence-electron chi connectivity index (χ3n) is 4.72. The van der Waals surface area contributed by atoms with Crippen LogP contribution in [0.4, 0.5) is 20.2 Å². The zero-order chi connectivity index (χ0) is 17.6. The number of carbonyl (C=O) groups excluding carboxylic acids is 2. The summed E-state index contributed by atoms with van der Waals surface area (Å²) in [5.41, 5.74) is 2.82. The van der Waals surface area contributed by atoms with Crippen LogP contribution in [-0.4, -0.2) is 18.4 Å². The molecule has 0 saturated carbocycles. The van der Waals surface area contributed by atoms with E-state index in [1.807, 2.05) is 0 Å². The lowest BCUT2D eigenvalue weighted by molar-refractivity contribution is -0.119. The van der Waals surface area contributed by atoms with Crippen LogP contribution in [-0.2, 0) is 17.6 Å². The number of hydrogen-bond acceptors (Lipinski definition) is 2. The number of nitrogens with zero attached hydrogens (tertiary/aromatic N) is 1. The molecule has 2 amide bonds. The largest absolute Gasteiger partial charge is 0.322 e. The fourth-order valence-electron chi connectivity index (χ4n) is 3.63. The quantitative estimate of drug-likeness (QED) is 0.909. The van der Waals surface area contributed by atoms with E-state index in [9.17, 15) is 18.4 Å². The lowest BCUT2D eigenvalue weighted by Crippen LogP contribution is -2.39. The molecular weight excluding hydrogens is 326 g/mol. The maximum absolute atomic E-state index is 13.8. The van der Waals surface area contributed by atoms with E-state index in [0.29, 0.717) is 25.1 Å². The molecule has 0 aromatic heterocycles. The molecule has 2 heterocycles. The molecule has 25 heavy (non-hydrogen) atoms. The fraction of sp³-hybridized carbons (Fsp3) is 0.263. The van der Waals surface area contributed by atoms with Crippen LogP contribution >= 0.6 is 0 Å². The molecule has 128 valence electrons. The number of anilines is 2. The number of amides is 2. The molecule has 0 fully saturated rings. The van der Waals surface area contributed by atoms with E-state index in [4.69, 9.17) is 0 Å². The van der Waals surface area contributed by atoms with E-state index in [0.717, 1.165) is 41.8 Å². The van der Waals surface area contributed by atoms with Gasteiger partial charge in [0.25, 0.3) is 5.91 Å². The van der Waals surface area contributed by atoms with E-state index in [2.05, 4.69) is 5.32 Å². The first-order valence-corrected chi connectivity index (χ1v) is 8.26. The number of hydrogen-bond donors (Lipinski definition) is 1. The molecule has 0 radical (unpaired) electrons. The molecule has 2 aromatic rings. The molecule has 0 saturated heterocycles. The number of nitrogens with one attached hydrogen (secondary N) is 1. The molecule has 0 spiro atoms. The van der Waals surface area contributed by atoms with Crippen molar-refractivity contribution >= 4 is 23.2 Å². The summed E-state index contributed by atoms with van der Waals surface area (Å²) in [6.07, 6.45) is 2.71. The van der Waals surface area contributed by atoms with Crippen LogP contribution in [0.3, 0.4) is 0 Å². The number of benzene rings is 2. The molecule has 4 nitrogen and oxygen atoms in total. The van der Waals surface area contributed by atoms with Crippen molar-refractivity contribution in [1.29, 1.82) is 0 Å². The second kappa shape index (κ2) is 5.95. The monoisotopic (exact) mass is 342 g/mol. The Balaban J connectivity index is 1.69. The van der Waals surface area contributed by atoms with Crippen molar-refractivity contribution < 1.29 is 18.4 Å². The number of aryl methyl sites for hydroxylation is 2. The topological polar surface area (TPSA) is 49.4 Å². The van der Waals surface area contributed by atoms with Crippen LogP contribution in [0.1, 0.15) is 34.3 Å². The van der Waals surface area contributed by atoms with Crippen LogP contribution in [0.25, 0.3) is 0 Å². The van der Waals surface area contributed by atoms with Gasteiger partial charge in [0.15, 0.2) is 0 Å². The summed E-state index contributed by atoms with van der Waals surface area (Å²) >= 11 is 0. The summed E-state index contributed by atoms with van der Waals surface area (Å²) in [5.74, 6) is -2.48. The zero-order valence-electron chi connectivity index (χ0n) is 13.4. The van der Waals surface area contributed by atoms with Gasteiger partial charge in [0.2, 0.25) is 5.91 Å². The van der Waals surface area contributed by atoms with Crippen LogP contribution in [0.15, 0.2) is 30.3 Å². The minimum atomic E-state index is -0.895. The highest BCUT2D eigenvalue weighted by molar-refractivity contribution is 6.05. The molecule has 4 rings (SSSR count). The van der Waals surface area contributed by atoms with E-state index >= 15 is 0 Å². The van der Waals surface area contributed by atoms with Crippen molar-refractivity contribution in [2.75, 3.05) is 16.8 Å². The smallest absolute Gasteiger partial charge is 0.261 e. The first-order valence-electron chi connectivity index (χ1n) is 8.26. The summed E-state index contributed by atoms with van der Waals surface area (Å²) in [7, 11) is 0. The van der Waals surface area contributed by atoms with Gasteiger partial charge in [0, 0.05) is 18.7 Å². The van der Waals surface area contributed by atoms with Gasteiger partial charge in [-0.15, -0.1) is 0 Å². The summed E-state index contributed by atoms with van der Waals surface area (Å²) in [6, 6.07) is 6.91. The lowest BCUT2D eigenvalue weighted by atomic mass is 9.91. The number of rotatable bonds is 2. The molecule has 0 bridgehead atoms. The second-order valence-electron chi connectivity index (χ2n) is 6.34. The van der Waals surface area contributed by atoms with Gasteiger partial charge in [-0.2, -0.15) is 0 Å². The van der Waals surface area contributed by atoms with Gasteiger partial charge in [0.1, 0.15) is 17.2 Å². The third-order valence-corrected chi connectivity index (χ3v) is 4.72. The van der Waals surface area contributed by atoms with Crippen molar-refractivity contribution in [3.63, 3.8) is 0 Å². The highest BCUT2D eigenvalue weighted by atomic mass is 19.1. The molecule has 2 aliphatic rings. The van der Waals surface area contributed by atoms with E-state index in [1.54, 1.807) is 17.0 Å². The zero-order valence-corrected chi connectivity index (χ0v) is 13.4. The predicted molar refractivity (Wildman–Crippen MR) is 89.7 cm³/mol. The molecule has 0 atom stereocenters. The fourth-order valence-corrected chi connectivity index (χ4v) is 3.63. The molecule has 0 unspecified atom stereocenters. The maximum Gasteiger partial charge on any atom is 0.261 e. The first kappa shape index (κ1) is 15.7. The van der Waals surface area contributed by atoms with Crippen molar-refractivity contribution in [3.05, 3.63) is 58.7 Å². The summed E-state index contributed by atoms with van der Waals surface area (Å²) < 4.78 is 27.6. The summed E-state index contributed by atoms with van der Waals surface area (Å²) in [5, 5.41) is 2.59. The summed E-state index contributed by atoms with van der Waals surface area (Å²) in [6.45, 7) is 0.713. The standard InChI is InChI=1S/C19H16F2N2O2/c20-14-4-1-5-15(21)17(14)19(25)22-13-9-11-3-2-8-23-16(24)7-6-12(10-13)18(11)23/h1,4-5,9-10H,2-3,6-8H2,(H,22,25). The van der Waals surface area contributed by atoms with Gasteiger partial charge in [-0.3, -0.25) is 9.59 Å². The average molecular weight is 342 g/mol. The molecule has 2 aliphatic heterocycles. The lowest BCUT2D eigenvalue weighted by Gasteiger charge is -2.35. The Morgan fingerprint density at radius 3 is 2.44 bits per heavy atom.